The molecule has 3 atom stereocenters. The van der Waals surface area contributed by atoms with Gasteiger partial charge in [0, 0.05) is 32.3 Å². The van der Waals surface area contributed by atoms with E-state index in [4.69, 9.17) is 4.74 Å². The molecule has 3 amide bonds. The van der Waals surface area contributed by atoms with Gasteiger partial charge < -0.3 is 30.7 Å². The number of aryl methyl sites for hydroxylation is 1. The summed E-state index contributed by atoms with van der Waals surface area (Å²) < 4.78 is 5.93. The molecule has 9 nitrogen and oxygen atoms in total. The molecule has 1 heterocycles. The van der Waals surface area contributed by atoms with Crippen LogP contribution in [0.25, 0.3) is 6.08 Å². The lowest BCUT2D eigenvalue weighted by molar-refractivity contribution is -0.142. The quantitative estimate of drug-likeness (QED) is 0.463. The van der Waals surface area contributed by atoms with Crippen molar-refractivity contribution in [1.29, 1.82) is 0 Å². The van der Waals surface area contributed by atoms with E-state index in [9.17, 15) is 19.5 Å². The minimum absolute atomic E-state index is 0.0179. The molecule has 4 N–H and O–H groups in total. The van der Waals surface area contributed by atoms with Crippen molar-refractivity contribution in [1.82, 2.24) is 20.9 Å². The summed E-state index contributed by atoms with van der Waals surface area (Å²) in [5, 5.41) is 18.0. The average molecular weight is 553 g/mol. The molecule has 218 valence electrons. The highest BCUT2D eigenvalue weighted by Crippen LogP contribution is 2.19. The van der Waals surface area contributed by atoms with Crippen LogP contribution in [0.1, 0.15) is 37.8 Å². The van der Waals surface area contributed by atoms with Crippen molar-refractivity contribution in [2.45, 2.75) is 45.7 Å². The SMILES string of the molecule is CCC(C)C1NCCOc2ccccc2/C=C/CNC(=O)CNC(=O)C(CCO)N(C)C1=O.Cc1ccccc1. The van der Waals surface area contributed by atoms with Crippen LogP contribution in [0.3, 0.4) is 0 Å². The van der Waals surface area contributed by atoms with E-state index in [0.717, 1.165) is 12.0 Å². The van der Waals surface area contributed by atoms with E-state index >= 15 is 0 Å². The van der Waals surface area contributed by atoms with Gasteiger partial charge in [-0.3, -0.25) is 14.4 Å². The first-order valence-electron chi connectivity index (χ1n) is 13.8. The van der Waals surface area contributed by atoms with Crippen LogP contribution < -0.4 is 20.7 Å². The number of aliphatic hydroxyl groups is 1. The van der Waals surface area contributed by atoms with E-state index in [2.05, 4.69) is 35.0 Å². The Labute approximate surface area is 238 Å². The zero-order chi connectivity index (χ0) is 29.3. The lowest BCUT2D eigenvalue weighted by Crippen LogP contribution is -2.56. The number of hydrogen-bond acceptors (Lipinski definition) is 6. The number of likely N-dealkylation sites (N-methyl/N-ethyl adjacent to an activating group) is 1. The maximum atomic E-state index is 13.3. The average Bonchev–Trinajstić information content (AvgIpc) is 2.96. The van der Waals surface area contributed by atoms with E-state index in [1.807, 2.05) is 68.5 Å². The Bertz CT molecular complexity index is 1090. The summed E-state index contributed by atoms with van der Waals surface area (Å²) in [6.07, 6.45) is 4.51. The molecule has 3 rings (SSSR count). The third-order valence-electron chi connectivity index (χ3n) is 6.72. The van der Waals surface area contributed by atoms with Crippen molar-refractivity contribution in [3.05, 3.63) is 71.8 Å². The number of para-hydroxylation sites is 1. The van der Waals surface area contributed by atoms with Gasteiger partial charge >= 0.3 is 0 Å². The molecule has 1 aliphatic heterocycles. The molecule has 0 aliphatic carbocycles. The predicted octanol–water partition coefficient (Wildman–Crippen LogP) is 2.53. The fraction of sp³-hybridized carbons (Fsp3) is 0.452. The Balaban J connectivity index is 0.000000693. The van der Waals surface area contributed by atoms with Gasteiger partial charge in [0.2, 0.25) is 17.7 Å². The van der Waals surface area contributed by atoms with E-state index in [1.165, 1.54) is 10.5 Å². The number of benzene rings is 2. The topological polar surface area (TPSA) is 120 Å². The molecular formula is C31H44N4O5. The Morgan fingerprint density at radius 3 is 2.40 bits per heavy atom. The second-order valence-corrected chi connectivity index (χ2v) is 9.76. The molecule has 0 saturated carbocycles. The van der Waals surface area contributed by atoms with Crippen molar-refractivity contribution < 1.29 is 24.2 Å². The number of rotatable bonds is 4. The van der Waals surface area contributed by atoms with Crippen LogP contribution in [0.5, 0.6) is 5.75 Å². The lowest BCUT2D eigenvalue weighted by atomic mass is 9.97. The molecule has 0 fully saturated rings. The zero-order valence-electron chi connectivity index (χ0n) is 24.1. The lowest BCUT2D eigenvalue weighted by Gasteiger charge is -2.33. The highest BCUT2D eigenvalue weighted by molar-refractivity contribution is 5.92. The summed E-state index contributed by atoms with van der Waals surface area (Å²) in [5.74, 6) is -0.348. The molecule has 0 bridgehead atoms. The highest BCUT2D eigenvalue weighted by Gasteiger charge is 2.33. The number of carbonyl (C=O) groups is 3. The smallest absolute Gasteiger partial charge is 0.243 e. The number of aliphatic hydroxyl groups excluding tert-OH is 1. The summed E-state index contributed by atoms with van der Waals surface area (Å²) in [7, 11) is 1.55. The fourth-order valence-corrected chi connectivity index (χ4v) is 4.13. The van der Waals surface area contributed by atoms with Crippen LogP contribution in [0.15, 0.2) is 60.7 Å². The van der Waals surface area contributed by atoms with E-state index in [-0.39, 0.29) is 37.3 Å². The molecule has 0 aromatic heterocycles. The van der Waals surface area contributed by atoms with Gasteiger partial charge in [0.15, 0.2) is 0 Å². The predicted molar refractivity (Wildman–Crippen MR) is 158 cm³/mol. The second-order valence-electron chi connectivity index (χ2n) is 9.76. The van der Waals surface area contributed by atoms with Gasteiger partial charge in [0.05, 0.1) is 12.6 Å². The molecule has 0 radical (unpaired) electrons. The van der Waals surface area contributed by atoms with E-state index < -0.39 is 18.0 Å². The van der Waals surface area contributed by atoms with Crippen LogP contribution in [-0.4, -0.2) is 79.7 Å². The van der Waals surface area contributed by atoms with Gasteiger partial charge in [-0.15, -0.1) is 0 Å². The van der Waals surface area contributed by atoms with E-state index in [0.29, 0.717) is 25.4 Å². The summed E-state index contributed by atoms with van der Waals surface area (Å²) >= 11 is 0. The minimum atomic E-state index is -0.884. The molecule has 0 spiro atoms. The van der Waals surface area contributed by atoms with Gasteiger partial charge in [-0.25, -0.2) is 0 Å². The highest BCUT2D eigenvalue weighted by atomic mass is 16.5. The number of nitrogens with one attached hydrogen (secondary N) is 3. The van der Waals surface area contributed by atoms with Gasteiger partial charge in [-0.2, -0.15) is 0 Å². The summed E-state index contributed by atoms with van der Waals surface area (Å²) in [6.45, 7) is 6.67. The van der Waals surface area contributed by atoms with Crippen molar-refractivity contribution in [3.8, 4) is 5.75 Å². The first-order valence-corrected chi connectivity index (χ1v) is 13.8. The van der Waals surface area contributed by atoms with Crippen molar-refractivity contribution >= 4 is 23.8 Å². The van der Waals surface area contributed by atoms with Crippen molar-refractivity contribution in [3.63, 3.8) is 0 Å². The second kappa shape index (κ2) is 17.8. The standard InChI is InChI=1S/C24H36N4O5.C7H8/c1-4-17(2)22-24(32)28(3)19(11-14-29)23(31)27-16-21(30)25-12-7-9-18-8-5-6-10-20(18)33-15-13-26-22;1-7-5-3-2-4-6-7/h5-10,17,19,22,26,29H,4,11-16H2,1-3H3,(H,25,30)(H,27,31);2-6H,1H3/b9-7+;. The Hall–Kier alpha value is -3.69. The fourth-order valence-electron chi connectivity index (χ4n) is 4.13. The third-order valence-corrected chi connectivity index (χ3v) is 6.72. The Morgan fingerprint density at radius 2 is 1.75 bits per heavy atom. The van der Waals surface area contributed by atoms with Crippen LogP contribution in [0, 0.1) is 12.8 Å². The number of hydrogen-bond donors (Lipinski definition) is 4. The number of amides is 3. The monoisotopic (exact) mass is 552 g/mol. The Morgan fingerprint density at radius 1 is 1.05 bits per heavy atom. The molecular weight excluding hydrogens is 508 g/mol. The molecule has 1 aliphatic rings. The maximum absolute atomic E-state index is 13.3. The number of carbonyl (C=O) groups excluding carboxylic acids is 3. The first-order chi connectivity index (χ1) is 19.3. The Kier molecular flexibility index (Phi) is 14.5. The number of ether oxygens (including phenoxy) is 1. The number of nitrogens with zero attached hydrogens (tertiary/aromatic N) is 1. The van der Waals surface area contributed by atoms with Gasteiger partial charge in [-0.1, -0.05) is 86.5 Å². The molecule has 2 aromatic carbocycles. The third kappa shape index (κ3) is 10.8. The molecule has 3 unspecified atom stereocenters. The molecule has 9 heteroatoms. The van der Waals surface area contributed by atoms with Crippen molar-refractivity contribution in [2.24, 2.45) is 5.92 Å². The van der Waals surface area contributed by atoms with Crippen LogP contribution in [0.4, 0.5) is 0 Å². The first kappa shape index (κ1) is 32.5. The van der Waals surface area contributed by atoms with Crippen LogP contribution in [0.2, 0.25) is 0 Å². The number of fused-ring (bicyclic) bond motifs is 1. The summed E-state index contributed by atoms with van der Waals surface area (Å²) in [6, 6.07) is 16.4. The molecule has 0 saturated heterocycles. The maximum Gasteiger partial charge on any atom is 0.243 e. The normalized spacial score (nSPS) is 20.7. The van der Waals surface area contributed by atoms with Gasteiger partial charge in [-0.05, 0) is 25.3 Å². The minimum Gasteiger partial charge on any atom is -0.492 e. The van der Waals surface area contributed by atoms with Gasteiger partial charge in [0.1, 0.15) is 18.4 Å². The summed E-state index contributed by atoms with van der Waals surface area (Å²) in [5.41, 5.74) is 2.20. The van der Waals surface area contributed by atoms with E-state index in [1.54, 1.807) is 7.05 Å². The zero-order valence-corrected chi connectivity index (χ0v) is 24.1. The largest absolute Gasteiger partial charge is 0.492 e. The summed E-state index contributed by atoms with van der Waals surface area (Å²) in [4.78, 5) is 39.5. The van der Waals surface area contributed by atoms with Crippen LogP contribution in [-0.2, 0) is 14.4 Å². The van der Waals surface area contributed by atoms with Crippen LogP contribution >= 0.6 is 0 Å². The molecule has 2 aromatic rings. The molecule has 40 heavy (non-hydrogen) atoms. The van der Waals surface area contributed by atoms with Crippen molar-refractivity contribution in [2.75, 3.05) is 39.9 Å². The van der Waals surface area contributed by atoms with Gasteiger partial charge in [0.25, 0.3) is 0 Å².